The lowest BCUT2D eigenvalue weighted by atomic mass is 10.1. The molecule has 0 spiro atoms. The number of piperidine rings is 1. The molecule has 0 radical (unpaired) electrons. The number of halogens is 6. The standard InChI is InChI=1S/C22H20F6N2O3/c23-21(24,25)32-15-5-1-3-13(7-15)9-29-20(31)19-17-11-30(12-18(17)19)10-14-4-2-6-16(8-14)33-22(26,27)28/h1-8,17-19H,9-12H2,(H,29,31). The number of amides is 1. The lowest BCUT2D eigenvalue weighted by Gasteiger charge is -2.20. The Morgan fingerprint density at radius 2 is 1.39 bits per heavy atom. The van der Waals surface area contributed by atoms with E-state index in [1.807, 2.05) is 0 Å². The Hall–Kier alpha value is -2.95. The van der Waals surface area contributed by atoms with Crippen LogP contribution in [0, 0.1) is 17.8 Å². The molecule has 2 unspecified atom stereocenters. The summed E-state index contributed by atoms with van der Waals surface area (Å²) in [7, 11) is 0. The van der Waals surface area contributed by atoms with Gasteiger partial charge in [0.15, 0.2) is 0 Å². The largest absolute Gasteiger partial charge is 0.573 e. The Bertz CT molecular complexity index is 998. The predicted octanol–water partition coefficient (Wildman–Crippen LogP) is 4.48. The van der Waals surface area contributed by atoms with Crippen molar-refractivity contribution in [1.82, 2.24) is 10.2 Å². The molecule has 1 heterocycles. The van der Waals surface area contributed by atoms with Crippen LogP contribution in [0.2, 0.25) is 0 Å². The van der Waals surface area contributed by atoms with Crippen LogP contribution in [-0.4, -0.2) is 36.6 Å². The lowest BCUT2D eigenvalue weighted by Crippen LogP contribution is -2.31. The summed E-state index contributed by atoms with van der Waals surface area (Å²) in [5.74, 6) is -0.647. The maximum atomic E-state index is 12.5. The number of nitrogens with one attached hydrogen (secondary N) is 1. The van der Waals surface area contributed by atoms with Crippen molar-refractivity contribution in [3.63, 3.8) is 0 Å². The maximum absolute atomic E-state index is 12.5. The van der Waals surface area contributed by atoms with Crippen LogP contribution >= 0.6 is 0 Å². The average Bonchev–Trinajstić information content (AvgIpc) is 3.19. The quantitative estimate of drug-likeness (QED) is 0.602. The van der Waals surface area contributed by atoms with Crippen molar-refractivity contribution in [2.75, 3.05) is 13.1 Å². The number of carbonyl (C=O) groups excluding carboxylic acids is 1. The molecule has 0 aromatic heterocycles. The molecule has 11 heteroatoms. The van der Waals surface area contributed by atoms with Crippen molar-refractivity contribution in [2.24, 2.45) is 17.8 Å². The van der Waals surface area contributed by atoms with Crippen LogP contribution in [0.15, 0.2) is 48.5 Å². The monoisotopic (exact) mass is 474 g/mol. The van der Waals surface area contributed by atoms with Crippen LogP contribution in [0.1, 0.15) is 11.1 Å². The molecule has 2 fully saturated rings. The zero-order valence-corrected chi connectivity index (χ0v) is 17.1. The predicted molar refractivity (Wildman–Crippen MR) is 104 cm³/mol. The van der Waals surface area contributed by atoms with E-state index in [-0.39, 0.29) is 41.7 Å². The van der Waals surface area contributed by atoms with E-state index < -0.39 is 12.7 Å². The minimum Gasteiger partial charge on any atom is -0.406 e. The zero-order valence-electron chi connectivity index (χ0n) is 17.1. The second kappa shape index (κ2) is 8.77. The van der Waals surface area contributed by atoms with Gasteiger partial charge in [-0.15, -0.1) is 26.3 Å². The van der Waals surface area contributed by atoms with E-state index in [0.29, 0.717) is 30.8 Å². The molecule has 2 aliphatic rings. The van der Waals surface area contributed by atoms with Gasteiger partial charge in [0.1, 0.15) is 11.5 Å². The number of alkyl halides is 6. The van der Waals surface area contributed by atoms with Crippen LogP contribution < -0.4 is 14.8 Å². The molecular formula is C22H20F6N2O3. The smallest absolute Gasteiger partial charge is 0.406 e. The van der Waals surface area contributed by atoms with Crippen molar-refractivity contribution >= 4 is 5.91 Å². The first-order chi connectivity index (χ1) is 15.5. The molecule has 5 nitrogen and oxygen atoms in total. The number of hydrogen-bond acceptors (Lipinski definition) is 4. The zero-order chi connectivity index (χ0) is 23.8. The number of carbonyl (C=O) groups is 1. The number of ether oxygens (including phenoxy) is 2. The highest BCUT2D eigenvalue weighted by Crippen LogP contribution is 2.52. The van der Waals surface area contributed by atoms with Crippen molar-refractivity contribution in [2.45, 2.75) is 25.8 Å². The van der Waals surface area contributed by atoms with E-state index >= 15 is 0 Å². The van der Waals surface area contributed by atoms with Gasteiger partial charge in [0.25, 0.3) is 0 Å². The third kappa shape index (κ3) is 6.31. The average molecular weight is 474 g/mol. The van der Waals surface area contributed by atoms with Crippen molar-refractivity contribution in [3.8, 4) is 11.5 Å². The van der Waals surface area contributed by atoms with E-state index in [0.717, 1.165) is 0 Å². The summed E-state index contributed by atoms with van der Waals surface area (Å²) >= 11 is 0. The van der Waals surface area contributed by atoms with E-state index in [1.54, 1.807) is 12.1 Å². The highest BCUT2D eigenvalue weighted by Gasteiger charge is 2.59. The molecule has 1 amide bonds. The van der Waals surface area contributed by atoms with Gasteiger partial charge >= 0.3 is 12.7 Å². The first kappa shape index (κ1) is 23.2. The third-order valence-electron chi connectivity index (χ3n) is 5.71. The minimum atomic E-state index is -4.79. The molecule has 1 saturated carbocycles. The van der Waals surface area contributed by atoms with Gasteiger partial charge in [-0.1, -0.05) is 24.3 Å². The summed E-state index contributed by atoms with van der Waals surface area (Å²) in [6, 6.07) is 11.2. The van der Waals surface area contributed by atoms with E-state index in [2.05, 4.69) is 19.7 Å². The number of fused-ring (bicyclic) bond motifs is 1. The molecule has 1 aliphatic heterocycles. The summed E-state index contributed by atoms with van der Waals surface area (Å²) < 4.78 is 82.0. The topological polar surface area (TPSA) is 50.8 Å². The van der Waals surface area contributed by atoms with E-state index in [4.69, 9.17) is 0 Å². The van der Waals surface area contributed by atoms with Gasteiger partial charge in [-0.2, -0.15) is 0 Å². The molecule has 4 rings (SSSR count). The summed E-state index contributed by atoms with van der Waals surface area (Å²) in [5.41, 5.74) is 1.17. The van der Waals surface area contributed by atoms with Crippen molar-refractivity contribution in [1.29, 1.82) is 0 Å². The third-order valence-corrected chi connectivity index (χ3v) is 5.71. The SMILES string of the molecule is O=C(NCc1cccc(OC(F)(F)F)c1)C1C2CN(Cc3cccc(OC(F)(F)F)c3)CC21. The number of likely N-dealkylation sites (tertiary alicyclic amines) is 1. The Morgan fingerprint density at radius 3 is 1.94 bits per heavy atom. The van der Waals surface area contributed by atoms with E-state index in [9.17, 15) is 31.1 Å². The molecule has 1 saturated heterocycles. The van der Waals surface area contributed by atoms with Crippen molar-refractivity contribution < 1.29 is 40.6 Å². The van der Waals surface area contributed by atoms with E-state index in [1.165, 1.54) is 36.4 Å². The fraction of sp³-hybridized carbons (Fsp3) is 0.409. The summed E-state index contributed by atoms with van der Waals surface area (Å²) in [5, 5.41) is 2.76. The molecule has 178 valence electrons. The number of benzene rings is 2. The first-order valence-corrected chi connectivity index (χ1v) is 10.2. The molecule has 1 aliphatic carbocycles. The first-order valence-electron chi connectivity index (χ1n) is 10.2. The van der Waals surface area contributed by atoms with Crippen LogP contribution in [0.3, 0.4) is 0 Å². The molecule has 1 N–H and O–H groups in total. The summed E-state index contributed by atoms with van der Waals surface area (Å²) in [6.07, 6.45) is -9.53. The normalized spacial score (nSPS) is 22.5. The number of rotatable bonds is 7. The summed E-state index contributed by atoms with van der Waals surface area (Å²) in [4.78, 5) is 14.6. The second-order valence-electron chi connectivity index (χ2n) is 8.16. The molecule has 2 atom stereocenters. The molecule has 2 aromatic rings. The molecule has 2 aromatic carbocycles. The Kier molecular flexibility index (Phi) is 6.17. The minimum absolute atomic E-state index is 0.0829. The highest BCUT2D eigenvalue weighted by molar-refractivity contribution is 5.82. The molecule has 33 heavy (non-hydrogen) atoms. The van der Waals surface area contributed by atoms with Gasteiger partial charge in [-0.3, -0.25) is 9.69 Å². The number of nitrogens with zero attached hydrogens (tertiary/aromatic N) is 1. The van der Waals surface area contributed by atoms with Crippen LogP contribution in [0.25, 0.3) is 0 Å². The van der Waals surface area contributed by atoms with Gasteiger partial charge in [0, 0.05) is 32.1 Å². The Labute approximate surface area is 185 Å². The Morgan fingerprint density at radius 1 is 0.879 bits per heavy atom. The fourth-order valence-corrected chi connectivity index (χ4v) is 4.39. The molecule has 0 bridgehead atoms. The van der Waals surface area contributed by atoms with Crippen LogP contribution in [0.4, 0.5) is 26.3 Å². The van der Waals surface area contributed by atoms with Crippen LogP contribution in [-0.2, 0) is 17.9 Å². The highest BCUT2D eigenvalue weighted by atomic mass is 19.4. The maximum Gasteiger partial charge on any atom is 0.573 e. The lowest BCUT2D eigenvalue weighted by molar-refractivity contribution is -0.275. The van der Waals surface area contributed by atoms with Gasteiger partial charge in [-0.05, 0) is 47.2 Å². The van der Waals surface area contributed by atoms with Crippen molar-refractivity contribution in [3.05, 3.63) is 59.7 Å². The fourth-order valence-electron chi connectivity index (χ4n) is 4.39. The second-order valence-corrected chi connectivity index (χ2v) is 8.16. The molecular weight excluding hydrogens is 454 g/mol. The van der Waals surface area contributed by atoms with Gasteiger partial charge in [0.2, 0.25) is 5.91 Å². The van der Waals surface area contributed by atoms with Gasteiger partial charge < -0.3 is 14.8 Å². The Balaban J connectivity index is 1.24. The van der Waals surface area contributed by atoms with Gasteiger partial charge in [0.05, 0.1) is 0 Å². The van der Waals surface area contributed by atoms with Gasteiger partial charge in [-0.25, -0.2) is 0 Å². The summed E-state index contributed by atoms with van der Waals surface area (Å²) in [6.45, 7) is 1.81. The number of hydrogen-bond donors (Lipinski definition) is 1. The van der Waals surface area contributed by atoms with Crippen LogP contribution in [0.5, 0.6) is 11.5 Å².